The normalized spacial score (nSPS) is 18.8. The molecule has 3 aromatic rings. The van der Waals surface area contributed by atoms with Crippen LogP contribution >= 0.6 is 0 Å². The summed E-state index contributed by atoms with van der Waals surface area (Å²) in [5.74, 6) is 1.41. The number of nitrogens with zero attached hydrogens (tertiary/aromatic N) is 6. The largest absolute Gasteiger partial charge is 0.481 e. The van der Waals surface area contributed by atoms with Crippen molar-refractivity contribution in [3.8, 4) is 5.88 Å². The number of likely N-dealkylation sites (tertiary alicyclic amines) is 2. The van der Waals surface area contributed by atoms with Crippen LogP contribution < -0.4 is 10.3 Å². The molecular formula is C26H38N6O2. The molecular weight excluding hydrogens is 428 g/mol. The molecule has 34 heavy (non-hydrogen) atoms. The van der Waals surface area contributed by atoms with Crippen LogP contribution in [0.2, 0.25) is 0 Å². The Hall–Kier alpha value is -2.45. The van der Waals surface area contributed by atoms with E-state index in [1.54, 1.807) is 7.11 Å². The molecule has 0 N–H and O–H groups in total. The van der Waals surface area contributed by atoms with Crippen molar-refractivity contribution in [2.45, 2.75) is 71.4 Å². The van der Waals surface area contributed by atoms with E-state index in [-0.39, 0.29) is 5.56 Å². The van der Waals surface area contributed by atoms with Gasteiger partial charge in [0, 0.05) is 25.1 Å². The summed E-state index contributed by atoms with van der Waals surface area (Å²) in [5, 5.41) is 0. The smallest absolute Gasteiger partial charge is 0.277 e. The number of fused-ring (bicyclic) bond motifs is 3. The van der Waals surface area contributed by atoms with E-state index in [0.29, 0.717) is 17.9 Å². The van der Waals surface area contributed by atoms with Crippen molar-refractivity contribution < 1.29 is 4.74 Å². The minimum Gasteiger partial charge on any atom is -0.481 e. The fourth-order valence-corrected chi connectivity index (χ4v) is 5.92. The average molecular weight is 467 g/mol. The molecule has 8 nitrogen and oxygen atoms in total. The number of aromatic nitrogens is 4. The molecule has 0 aliphatic carbocycles. The standard InChI is InChI=1S/C26H38N6O2/c1-4-22-27-19(2)24-26(33)31(21-9-10-23(34-3)28-25(21)32(22)24)16-8-13-29-17-11-20(12-18-29)30-14-6-5-7-15-30/h9-10,20H,4-8,11-18H2,1-3H3. The zero-order chi connectivity index (χ0) is 23.7. The van der Waals surface area contributed by atoms with Crippen LogP contribution in [0, 0.1) is 6.92 Å². The number of piperidine rings is 2. The zero-order valence-corrected chi connectivity index (χ0v) is 20.9. The summed E-state index contributed by atoms with van der Waals surface area (Å²) in [5.41, 5.74) is 3.00. The second-order valence-corrected chi connectivity index (χ2v) is 9.83. The lowest BCUT2D eigenvalue weighted by Gasteiger charge is -2.40. The van der Waals surface area contributed by atoms with Crippen molar-refractivity contribution in [1.82, 2.24) is 28.7 Å². The summed E-state index contributed by atoms with van der Waals surface area (Å²) >= 11 is 0. The lowest BCUT2D eigenvalue weighted by atomic mass is 10.00. The Morgan fingerprint density at radius 2 is 1.79 bits per heavy atom. The molecule has 0 atom stereocenters. The molecule has 0 bridgehead atoms. The maximum atomic E-state index is 13.6. The van der Waals surface area contributed by atoms with E-state index in [1.807, 2.05) is 28.0 Å². The minimum atomic E-state index is 0.0213. The molecule has 5 heterocycles. The van der Waals surface area contributed by atoms with Crippen LogP contribution in [0.25, 0.3) is 16.7 Å². The Kier molecular flexibility index (Phi) is 6.88. The summed E-state index contributed by atoms with van der Waals surface area (Å²) in [4.78, 5) is 28.3. The number of imidazole rings is 1. The predicted molar refractivity (Wildman–Crippen MR) is 135 cm³/mol. The lowest BCUT2D eigenvalue weighted by molar-refractivity contribution is 0.0916. The second-order valence-electron chi connectivity index (χ2n) is 9.83. The molecule has 2 aliphatic heterocycles. The van der Waals surface area contributed by atoms with Gasteiger partial charge in [-0.15, -0.1) is 0 Å². The van der Waals surface area contributed by atoms with Crippen molar-refractivity contribution in [1.29, 1.82) is 0 Å². The number of rotatable bonds is 7. The van der Waals surface area contributed by atoms with E-state index in [2.05, 4.69) is 21.7 Å². The van der Waals surface area contributed by atoms with E-state index >= 15 is 0 Å². The van der Waals surface area contributed by atoms with Crippen molar-refractivity contribution in [3.05, 3.63) is 34.0 Å². The van der Waals surface area contributed by atoms with Crippen LogP contribution in [0.1, 0.15) is 57.0 Å². The Morgan fingerprint density at radius 1 is 1.03 bits per heavy atom. The highest BCUT2D eigenvalue weighted by atomic mass is 16.5. The van der Waals surface area contributed by atoms with Gasteiger partial charge in [0.25, 0.3) is 5.56 Å². The van der Waals surface area contributed by atoms with Gasteiger partial charge in [0.2, 0.25) is 5.88 Å². The molecule has 8 heteroatoms. The lowest BCUT2D eigenvalue weighted by Crippen LogP contribution is -2.46. The molecule has 2 aliphatic rings. The Bertz CT molecular complexity index is 1200. The summed E-state index contributed by atoms with van der Waals surface area (Å²) in [6.45, 7) is 10.6. The molecule has 0 spiro atoms. The molecule has 0 radical (unpaired) electrons. The fourth-order valence-electron chi connectivity index (χ4n) is 5.92. The van der Waals surface area contributed by atoms with E-state index < -0.39 is 0 Å². The number of hydrogen-bond donors (Lipinski definition) is 0. The molecule has 0 amide bonds. The quantitative estimate of drug-likeness (QED) is 0.532. The van der Waals surface area contributed by atoms with Crippen LogP contribution in [0.4, 0.5) is 0 Å². The summed E-state index contributed by atoms with van der Waals surface area (Å²) in [6, 6.07) is 4.57. The van der Waals surface area contributed by atoms with Crippen molar-refractivity contribution in [2.75, 3.05) is 39.8 Å². The number of ether oxygens (including phenoxy) is 1. The Labute approximate surface area is 201 Å². The maximum absolute atomic E-state index is 13.6. The Balaban J connectivity index is 1.33. The molecule has 2 fully saturated rings. The second kappa shape index (κ2) is 10.0. The summed E-state index contributed by atoms with van der Waals surface area (Å²) in [7, 11) is 1.62. The molecule has 0 saturated carbocycles. The summed E-state index contributed by atoms with van der Waals surface area (Å²) in [6.07, 6.45) is 8.35. The van der Waals surface area contributed by atoms with Gasteiger partial charge in [0.05, 0.1) is 18.3 Å². The average Bonchev–Trinajstić information content (AvgIpc) is 3.23. The van der Waals surface area contributed by atoms with Crippen LogP contribution in [-0.2, 0) is 13.0 Å². The zero-order valence-electron chi connectivity index (χ0n) is 20.9. The first-order valence-corrected chi connectivity index (χ1v) is 13.0. The van der Waals surface area contributed by atoms with Crippen LogP contribution in [0.15, 0.2) is 16.9 Å². The summed E-state index contributed by atoms with van der Waals surface area (Å²) < 4.78 is 9.21. The van der Waals surface area contributed by atoms with Crippen molar-refractivity contribution in [3.63, 3.8) is 0 Å². The fraction of sp³-hybridized carbons (Fsp3) is 0.654. The van der Waals surface area contributed by atoms with E-state index in [9.17, 15) is 4.79 Å². The molecule has 184 valence electrons. The molecule has 3 aromatic heterocycles. The van der Waals surface area contributed by atoms with E-state index in [0.717, 1.165) is 61.2 Å². The first-order valence-electron chi connectivity index (χ1n) is 13.0. The number of hydrogen-bond acceptors (Lipinski definition) is 6. The first kappa shape index (κ1) is 23.3. The monoisotopic (exact) mass is 466 g/mol. The molecule has 0 aromatic carbocycles. The van der Waals surface area contributed by atoms with Gasteiger partial charge in [-0.1, -0.05) is 13.3 Å². The SMILES string of the molecule is CCc1nc(C)c2c(=O)n(CCCN3CCC(N4CCCCC4)CC3)c3ccc(OC)nc3n12. The van der Waals surface area contributed by atoms with Gasteiger partial charge in [0.1, 0.15) is 11.3 Å². The topological polar surface area (TPSA) is 67.9 Å². The van der Waals surface area contributed by atoms with Gasteiger partial charge in [-0.2, -0.15) is 4.98 Å². The van der Waals surface area contributed by atoms with Gasteiger partial charge < -0.3 is 19.1 Å². The third-order valence-electron chi connectivity index (χ3n) is 7.75. The molecule has 5 rings (SSSR count). The number of methoxy groups -OCH3 is 1. The van der Waals surface area contributed by atoms with Gasteiger partial charge >= 0.3 is 0 Å². The van der Waals surface area contributed by atoms with Crippen LogP contribution in [0.5, 0.6) is 5.88 Å². The predicted octanol–water partition coefficient (Wildman–Crippen LogP) is 3.26. The molecule has 0 unspecified atom stereocenters. The number of pyridine rings is 1. The van der Waals surface area contributed by atoms with Crippen LogP contribution in [-0.4, -0.2) is 74.6 Å². The van der Waals surface area contributed by atoms with Gasteiger partial charge in [-0.3, -0.25) is 9.20 Å². The van der Waals surface area contributed by atoms with Crippen LogP contribution in [0.3, 0.4) is 0 Å². The highest BCUT2D eigenvalue weighted by molar-refractivity contribution is 5.77. The Morgan fingerprint density at radius 3 is 2.50 bits per heavy atom. The minimum absolute atomic E-state index is 0.0213. The van der Waals surface area contributed by atoms with Gasteiger partial charge in [-0.25, -0.2) is 4.98 Å². The van der Waals surface area contributed by atoms with Crippen molar-refractivity contribution >= 4 is 16.7 Å². The number of aryl methyl sites for hydroxylation is 3. The van der Waals surface area contributed by atoms with Crippen molar-refractivity contribution in [2.24, 2.45) is 0 Å². The third kappa shape index (κ3) is 4.33. The third-order valence-corrected chi connectivity index (χ3v) is 7.75. The van der Waals surface area contributed by atoms with E-state index in [1.165, 1.54) is 45.2 Å². The van der Waals surface area contributed by atoms with Gasteiger partial charge in [0.15, 0.2) is 5.65 Å². The maximum Gasteiger partial charge on any atom is 0.277 e. The first-order chi connectivity index (χ1) is 16.6. The molecule has 2 saturated heterocycles. The van der Waals surface area contributed by atoms with E-state index in [4.69, 9.17) is 9.72 Å². The highest BCUT2D eigenvalue weighted by Gasteiger charge is 2.25. The highest BCUT2D eigenvalue weighted by Crippen LogP contribution is 2.23. The van der Waals surface area contributed by atoms with Gasteiger partial charge in [-0.05, 0) is 77.8 Å².